The lowest BCUT2D eigenvalue weighted by Gasteiger charge is -1.93. The highest BCUT2D eigenvalue weighted by Crippen LogP contribution is 2.03. The number of aliphatic hydroxyl groups is 2. The Hall–Kier alpha value is -1.74. The molecule has 0 aliphatic carbocycles. The molecule has 0 aliphatic rings. The first kappa shape index (κ1) is 16.3. The second kappa shape index (κ2) is 11.1. The predicted molar refractivity (Wildman–Crippen MR) is 82.1 cm³/mol. The first-order valence-corrected chi connectivity index (χ1v) is 7.16. The number of aliphatic hydroxyl groups excluding tert-OH is 2. The van der Waals surface area contributed by atoms with Gasteiger partial charge in [0.2, 0.25) is 0 Å². The summed E-state index contributed by atoms with van der Waals surface area (Å²) in [5.74, 6) is 12.4. The minimum absolute atomic E-state index is 0.243. The van der Waals surface area contributed by atoms with Gasteiger partial charge < -0.3 is 10.2 Å². The topological polar surface area (TPSA) is 40.5 Å². The molecule has 0 spiro atoms. The van der Waals surface area contributed by atoms with E-state index in [1.807, 2.05) is 24.3 Å². The molecule has 1 aromatic rings. The smallest absolute Gasteiger partial charge is 0.0431 e. The van der Waals surface area contributed by atoms with Crippen LogP contribution in [0.3, 0.4) is 0 Å². The molecule has 106 valence electrons. The van der Waals surface area contributed by atoms with Gasteiger partial charge in [-0.15, -0.1) is 0 Å². The molecule has 0 heterocycles. The highest BCUT2D eigenvalue weighted by atomic mass is 16.3. The minimum Gasteiger partial charge on any atom is -0.396 e. The summed E-state index contributed by atoms with van der Waals surface area (Å²) in [6, 6.07) is 7.93. The summed E-state index contributed by atoms with van der Waals surface area (Å²) in [4.78, 5) is 0. The van der Waals surface area contributed by atoms with E-state index in [-0.39, 0.29) is 13.2 Å². The summed E-state index contributed by atoms with van der Waals surface area (Å²) in [6.07, 6.45) is 5.18. The Balaban J connectivity index is 2.39. The van der Waals surface area contributed by atoms with Crippen LogP contribution in [0.15, 0.2) is 24.3 Å². The van der Waals surface area contributed by atoms with Crippen LogP contribution in [-0.2, 0) is 0 Å². The standard InChI is InChI=1S/C18H22O2/c19-15-7-3-1-5-9-17-11-13-18(14-12-17)10-6-2-4-8-16-20/h11-14,19-20H,1-4,7-8,15-16H2. The lowest BCUT2D eigenvalue weighted by molar-refractivity contribution is 0.285. The van der Waals surface area contributed by atoms with Crippen molar-refractivity contribution in [3.63, 3.8) is 0 Å². The molecule has 0 aromatic heterocycles. The van der Waals surface area contributed by atoms with Gasteiger partial charge in [0.1, 0.15) is 0 Å². The molecule has 2 nitrogen and oxygen atoms in total. The third kappa shape index (κ3) is 7.64. The molecule has 0 bridgehead atoms. The normalized spacial score (nSPS) is 9.30. The summed E-state index contributed by atoms with van der Waals surface area (Å²) >= 11 is 0. The van der Waals surface area contributed by atoms with E-state index < -0.39 is 0 Å². The Bertz CT molecular complexity index is 433. The van der Waals surface area contributed by atoms with Crippen molar-refractivity contribution in [3.05, 3.63) is 35.4 Å². The Morgan fingerprint density at radius 2 is 1.05 bits per heavy atom. The molecule has 0 saturated heterocycles. The highest BCUT2D eigenvalue weighted by molar-refractivity contribution is 5.41. The fourth-order valence-electron chi connectivity index (χ4n) is 1.62. The zero-order valence-electron chi connectivity index (χ0n) is 11.9. The maximum absolute atomic E-state index is 8.66. The van der Waals surface area contributed by atoms with Crippen LogP contribution < -0.4 is 0 Å². The SMILES string of the molecule is OCCCCC#Cc1ccc(C#CCCCCO)cc1. The zero-order valence-corrected chi connectivity index (χ0v) is 11.9. The van der Waals surface area contributed by atoms with Crippen molar-refractivity contribution in [2.45, 2.75) is 38.5 Å². The lowest BCUT2D eigenvalue weighted by Crippen LogP contribution is -1.82. The van der Waals surface area contributed by atoms with E-state index in [0.717, 1.165) is 49.7 Å². The number of hydrogen-bond acceptors (Lipinski definition) is 2. The monoisotopic (exact) mass is 270 g/mol. The largest absolute Gasteiger partial charge is 0.396 e. The molecular weight excluding hydrogens is 248 g/mol. The Morgan fingerprint density at radius 1 is 0.650 bits per heavy atom. The maximum Gasteiger partial charge on any atom is 0.0431 e. The van der Waals surface area contributed by atoms with Crippen LogP contribution in [-0.4, -0.2) is 23.4 Å². The van der Waals surface area contributed by atoms with Crippen molar-refractivity contribution in [1.82, 2.24) is 0 Å². The third-order valence-corrected chi connectivity index (χ3v) is 2.77. The van der Waals surface area contributed by atoms with E-state index in [2.05, 4.69) is 23.7 Å². The molecular formula is C18H22O2. The van der Waals surface area contributed by atoms with Crippen LogP contribution in [0.25, 0.3) is 0 Å². The van der Waals surface area contributed by atoms with Gasteiger partial charge in [-0.05, 0) is 49.9 Å². The van der Waals surface area contributed by atoms with Crippen molar-refractivity contribution in [1.29, 1.82) is 0 Å². The second-order valence-corrected chi connectivity index (χ2v) is 4.54. The quantitative estimate of drug-likeness (QED) is 0.616. The molecule has 2 heteroatoms. The Kier molecular flexibility index (Phi) is 9.07. The van der Waals surface area contributed by atoms with Crippen LogP contribution in [0.5, 0.6) is 0 Å². The lowest BCUT2D eigenvalue weighted by atomic mass is 10.1. The van der Waals surface area contributed by atoms with Crippen molar-refractivity contribution >= 4 is 0 Å². The molecule has 0 radical (unpaired) electrons. The van der Waals surface area contributed by atoms with Crippen LogP contribution in [0.1, 0.15) is 49.7 Å². The number of hydrogen-bond donors (Lipinski definition) is 2. The van der Waals surface area contributed by atoms with E-state index >= 15 is 0 Å². The van der Waals surface area contributed by atoms with Gasteiger partial charge in [0.15, 0.2) is 0 Å². The molecule has 0 amide bonds. The Morgan fingerprint density at radius 3 is 1.40 bits per heavy atom. The van der Waals surface area contributed by atoms with Gasteiger partial charge in [0.05, 0.1) is 0 Å². The Labute approximate surface area is 121 Å². The van der Waals surface area contributed by atoms with Crippen LogP contribution in [0.2, 0.25) is 0 Å². The number of unbranched alkanes of at least 4 members (excludes halogenated alkanes) is 4. The fourth-order valence-corrected chi connectivity index (χ4v) is 1.62. The van der Waals surface area contributed by atoms with Gasteiger partial charge in [0, 0.05) is 37.2 Å². The van der Waals surface area contributed by atoms with Gasteiger partial charge in [-0.1, -0.05) is 23.7 Å². The average Bonchev–Trinajstić information content (AvgIpc) is 2.48. The van der Waals surface area contributed by atoms with Gasteiger partial charge in [0.25, 0.3) is 0 Å². The number of benzene rings is 1. The molecule has 2 N–H and O–H groups in total. The van der Waals surface area contributed by atoms with Gasteiger partial charge >= 0.3 is 0 Å². The molecule has 0 saturated carbocycles. The van der Waals surface area contributed by atoms with E-state index in [1.165, 1.54) is 0 Å². The fraction of sp³-hybridized carbons (Fsp3) is 0.444. The van der Waals surface area contributed by atoms with Crippen molar-refractivity contribution in [3.8, 4) is 23.7 Å². The van der Waals surface area contributed by atoms with Crippen molar-refractivity contribution in [2.24, 2.45) is 0 Å². The molecule has 0 fully saturated rings. The van der Waals surface area contributed by atoms with E-state index in [0.29, 0.717) is 0 Å². The summed E-state index contributed by atoms with van der Waals surface area (Å²) in [6.45, 7) is 0.487. The third-order valence-electron chi connectivity index (χ3n) is 2.77. The molecule has 0 atom stereocenters. The zero-order chi connectivity index (χ0) is 14.5. The number of rotatable bonds is 6. The van der Waals surface area contributed by atoms with Crippen molar-refractivity contribution in [2.75, 3.05) is 13.2 Å². The average molecular weight is 270 g/mol. The molecule has 1 aromatic carbocycles. The maximum atomic E-state index is 8.66. The summed E-state index contributed by atoms with van der Waals surface area (Å²) < 4.78 is 0. The molecule has 20 heavy (non-hydrogen) atoms. The highest BCUT2D eigenvalue weighted by Gasteiger charge is 1.89. The minimum atomic E-state index is 0.243. The van der Waals surface area contributed by atoms with Crippen LogP contribution in [0.4, 0.5) is 0 Å². The van der Waals surface area contributed by atoms with E-state index in [4.69, 9.17) is 10.2 Å². The molecule has 0 aliphatic heterocycles. The van der Waals surface area contributed by atoms with Gasteiger partial charge in [-0.25, -0.2) is 0 Å². The molecule has 1 rings (SSSR count). The van der Waals surface area contributed by atoms with Crippen LogP contribution in [0, 0.1) is 23.7 Å². The second-order valence-electron chi connectivity index (χ2n) is 4.54. The summed E-state index contributed by atoms with van der Waals surface area (Å²) in [5, 5.41) is 17.3. The van der Waals surface area contributed by atoms with E-state index in [1.54, 1.807) is 0 Å². The first-order chi connectivity index (χ1) is 9.86. The summed E-state index contributed by atoms with van der Waals surface area (Å²) in [7, 11) is 0. The predicted octanol–water partition coefficient (Wildman–Crippen LogP) is 2.71. The van der Waals surface area contributed by atoms with Crippen molar-refractivity contribution < 1.29 is 10.2 Å². The van der Waals surface area contributed by atoms with Gasteiger partial charge in [-0.3, -0.25) is 0 Å². The molecule has 0 unspecified atom stereocenters. The summed E-state index contributed by atoms with van der Waals surface area (Å²) in [5.41, 5.74) is 2.00. The van der Waals surface area contributed by atoms with Crippen LogP contribution >= 0.6 is 0 Å². The van der Waals surface area contributed by atoms with Gasteiger partial charge in [-0.2, -0.15) is 0 Å². The first-order valence-electron chi connectivity index (χ1n) is 7.16. The van der Waals surface area contributed by atoms with E-state index in [9.17, 15) is 0 Å².